The highest BCUT2D eigenvalue weighted by Crippen LogP contribution is 2.13. The lowest BCUT2D eigenvalue weighted by Crippen LogP contribution is -2.49. The summed E-state index contributed by atoms with van der Waals surface area (Å²) >= 11 is 0. The highest BCUT2D eigenvalue weighted by atomic mass is 16.4. The predicted octanol–water partition coefficient (Wildman–Crippen LogP) is 1.58. The number of carbonyl (C=O) groups is 1. The SMILES string of the molecule is CCCCCCCCCCCC(=O)N(C)CC(N=O)C(O)C(O)C(O)CO. The van der Waals surface area contributed by atoms with Gasteiger partial charge >= 0.3 is 0 Å². The zero-order chi connectivity index (χ0) is 20.7. The Bertz CT molecular complexity index is 396. The molecule has 4 N–H and O–H groups in total. The van der Waals surface area contributed by atoms with Crippen molar-refractivity contribution in [1.82, 2.24) is 4.90 Å². The molecule has 0 rings (SSSR count). The number of amides is 1. The van der Waals surface area contributed by atoms with Gasteiger partial charge in [-0.2, -0.15) is 4.91 Å². The van der Waals surface area contributed by atoms with Gasteiger partial charge in [0.2, 0.25) is 5.91 Å². The minimum absolute atomic E-state index is 0.156. The molecule has 0 fully saturated rings. The maximum absolute atomic E-state index is 12.1. The van der Waals surface area contributed by atoms with E-state index in [9.17, 15) is 25.0 Å². The molecule has 8 nitrogen and oxygen atoms in total. The molecule has 0 saturated heterocycles. The van der Waals surface area contributed by atoms with Gasteiger partial charge in [0.15, 0.2) is 0 Å². The van der Waals surface area contributed by atoms with Crippen molar-refractivity contribution in [2.24, 2.45) is 5.18 Å². The third kappa shape index (κ3) is 11.4. The van der Waals surface area contributed by atoms with Crippen LogP contribution in [0.2, 0.25) is 0 Å². The van der Waals surface area contributed by atoms with Crippen LogP contribution in [0.1, 0.15) is 71.1 Å². The molecule has 27 heavy (non-hydrogen) atoms. The van der Waals surface area contributed by atoms with E-state index in [0.717, 1.165) is 19.3 Å². The number of hydrogen-bond donors (Lipinski definition) is 4. The quantitative estimate of drug-likeness (QED) is 0.220. The summed E-state index contributed by atoms with van der Waals surface area (Å²) in [7, 11) is 1.51. The highest BCUT2D eigenvalue weighted by Gasteiger charge is 2.33. The second-order valence-corrected chi connectivity index (χ2v) is 7.26. The average Bonchev–Trinajstić information content (AvgIpc) is 2.68. The third-order valence-corrected chi connectivity index (χ3v) is 4.84. The zero-order valence-electron chi connectivity index (χ0n) is 16.8. The largest absolute Gasteiger partial charge is 0.394 e. The van der Waals surface area contributed by atoms with Gasteiger partial charge in [0.25, 0.3) is 0 Å². The molecule has 160 valence electrons. The van der Waals surface area contributed by atoms with Gasteiger partial charge < -0.3 is 25.3 Å². The fraction of sp³-hybridized carbons (Fsp3) is 0.947. The molecule has 4 atom stereocenters. The second-order valence-electron chi connectivity index (χ2n) is 7.26. The first kappa shape index (κ1) is 25.9. The van der Waals surface area contributed by atoms with E-state index in [0.29, 0.717) is 6.42 Å². The van der Waals surface area contributed by atoms with E-state index in [1.165, 1.54) is 50.5 Å². The molecule has 0 aromatic rings. The van der Waals surface area contributed by atoms with Crippen molar-refractivity contribution in [3.05, 3.63) is 4.91 Å². The Morgan fingerprint density at radius 2 is 1.44 bits per heavy atom. The molecule has 0 heterocycles. The van der Waals surface area contributed by atoms with Crippen molar-refractivity contribution in [3.63, 3.8) is 0 Å². The molecule has 0 aromatic heterocycles. The van der Waals surface area contributed by atoms with Gasteiger partial charge in [-0.3, -0.25) is 4.79 Å². The zero-order valence-corrected chi connectivity index (χ0v) is 16.8. The summed E-state index contributed by atoms with van der Waals surface area (Å²) in [5.41, 5.74) is 0. The molecule has 0 saturated carbocycles. The molecular weight excluding hydrogens is 352 g/mol. The van der Waals surface area contributed by atoms with Gasteiger partial charge in [0, 0.05) is 20.0 Å². The first-order chi connectivity index (χ1) is 12.9. The van der Waals surface area contributed by atoms with Crippen LogP contribution >= 0.6 is 0 Å². The number of aliphatic hydroxyl groups excluding tert-OH is 4. The Morgan fingerprint density at radius 3 is 1.93 bits per heavy atom. The number of carbonyl (C=O) groups excluding carboxylic acids is 1. The number of rotatable bonds is 17. The minimum atomic E-state index is -1.71. The molecule has 4 unspecified atom stereocenters. The number of nitrogens with zero attached hydrogens (tertiary/aromatic N) is 2. The number of nitroso groups, excluding NO2 is 1. The molecule has 1 amide bonds. The van der Waals surface area contributed by atoms with Crippen LogP contribution in [0.25, 0.3) is 0 Å². The van der Waals surface area contributed by atoms with Gasteiger partial charge in [-0.1, -0.05) is 63.5 Å². The summed E-state index contributed by atoms with van der Waals surface area (Å²) in [5.74, 6) is -0.156. The van der Waals surface area contributed by atoms with Crippen LogP contribution in [0.3, 0.4) is 0 Å². The van der Waals surface area contributed by atoms with Crippen LogP contribution < -0.4 is 0 Å². The Labute approximate surface area is 162 Å². The van der Waals surface area contributed by atoms with Gasteiger partial charge in [-0.15, -0.1) is 0 Å². The number of likely N-dealkylation sites (N-methyl/N-ethyl adjacent to an activating group) is 1. The van der Waals surface area contributed by atoms with Crippen molar-refractivity contribution < 1.29 is 25.2 Å². The Balaban J connectivity index is 4.05. The van der Waals surface area contributed by atoms with E-state index in [-0.39, 0.29) is 12.5 Å². The van der Waals surface area contributed by atoms with Crippen LogP contribution in [-0.4, -0.2) is 75.8 Å². The first-order valence-electron chi connectivity index (χ1n) is 10.1. The summed E-state index contributed by atoms with van der Waals surface area (Å²) in [6.07, 6.45) is 5.79. The molecule has 0 aliphatic heterocycles. The summed E-state index contributed by atoms with van der Waals surface area (Å²) in [6, 6.07) is -1.28. The van der Waals surface area contributed by atoms with Crippen molar-refractivity contribution in [2.45, 2.75) is 95.5 Å². The molecular formula is C19H38N2O6. The first-order valence-corrected chi connectivity index (χ1v) is 10.1. The van der Waals surface area contributed by atoms with Crippen LogP contribution in [0, 0.1) is 4.91 Å². The summed E-state index contributed by atoms with van der Waals surface area (Å²) in [6.45, 7) is 1.29. The standard InChI is InChI=1S/C19H38N2O6/c1-3-4-5-6-7-8-9-10-11-12-17(24)21(2)13-15(20-27)18(25)19(26)16(23)14-22/h15-16,18-19,22-23,25-26H,3-14H2,1-2H3. The van der Waals surface area contributed by atoms with E-state index >= 15 is 0 Å². The van der Waals surface area contributed by atoms with Crippen molar-refractivity contribution in [1.29, 1.82) is 0 Å². The second kappa shape index (κ2) is 15.9. The van der Waals surface area contributed by atoms with Crippen LogP contribution in [0.15, 0.2) is 5.18 Å². The molecule has 0 aliphatic carbocycles. The monoisotopic (exact) mass is 390 g/mol. The Kier molecular flexibility index (Phi) is 15.3. The fourth-order valence-corrected chi connectivity index (χ4v) is 2.93. The maximum Gasteiger partial charge on any atom is 0.222 e. The summed E-state index contributed by atoms with van der Waals surface area (Å²) < 4.78 is 0. The fourth-order valence-electron chi connectivity index (χ4n) is 2.93. The molecule has 8 heteroatoms. The van der Waals surface area contributed by atoms with Gasteiger partial charge in [0.1, 0.15) is 24.4 Å². The van der Waals surface area contributed by atoms with E-state index in [1.807, 2.05) is 0 Å². The lowest BCUT2D eigenvalue weighted by molar-refractivity contribution is -0.131. The van der Waals surface area contributed by atoms with E-state index in [1.54, 1.807) is 0 Å². The van der Waals surface area contributed by atoms with E-state index in [2.05, 4.69) is 12.1 Å². The number of unbranched alkanes of at least 4 members (excludes halogenated alkanes) is 8. The smallest absolute Gasteiger partial charge is 0.222 e. The topological polar surface area (TPSA) is 131 Å². The summed E-state index contributed by atoms with van der Waals surface area (Å²) in [4.78, 5) is 24.4. The minimum Gasteiger partial charge on any atom is -0.394 e. The molecule has 0 aromatic carbocycles. The van der Waals surface area contributed by atoms with E-state index < -0.39 is 31.0 Å². The van der Waals surface area contributed by atoms with Crippen LogP contribution in [-0.2, 0) is 4.79 Å². The Hall–Kier alpha value is -1.09. The maximum atomic E-state index is 12.1. The Morgan fingerprint density at radius 1 is 0.926 bits per heavy atom. The average molecular weight is 391 g/mol. The number of aliphatic hydroxyl groups is 4. The lowest BCUT2D eigenvalue weighted by Gasteiger charge is -2.27. The molecule has 0 spiro atoms. The van der Waals surface area contributed by atoms with Gasteiger partial charge in [-0.05, 0) is 6.42 Å². The van der Waals surface area contributed by atoms with E-state index in [4.69, 9.17) is 5.11 Å². The predicted molar refractivity (Wildman–Crippen MR) is 104 cm³/mol. The van der Waals surface area contributed by atoms with Crippen molar-refractivity contribution in [2.75, 3.05) is 20.2 Å². The summed E-state index contributed by atoms with van der Waals surface area (Å²) in [5, 5.41) is 40.5. The van der Waals surface area contributed by atoms with Crippen molar-refractivity contribution >= 4 is 5.91 Å². The van der Waals surface area contributed by atoms with Crippen LogP contribution in [0.5, 0.6) is 0 Å². The van der Waals surface area contributed by atoms with Gasteiger partial charge in [-0.25, -0.2) is 0 Å². The molecule has 0 bridgehead atoms. The number of hydrogen-bond acceptors (Lipinski definition) is 7. The van der Waals surface area contributed by atoms with Gasteiger partial charge in [0.05, 0.1) is 6.61 Å². The van der Waals surface area contributed by atoms with Crippen LogP contribution in [0.4, 0.5) is 0 Å². The normalized spacial score (nSPS) is 15.8. The molecule has 0 radical (unpaired) electrons. The van der Waals surface area contributed by atoms with Crippen molar-refractivity contribution in [3.8, 4) is 0 Å². The third-order valence-electron chi connectivity index (χ3n) is 4.84. The lowest BCUT2D eigenvalue weighted by atomic mass is 10.0. The molecule has 0 aliphatic rings. The highest BCUT2D eigenvalue weighted by molar-refractivity contribution is 5.75.